The smallest absolute Gasteiger partial charge is 0.255 e. The molecule has 1 aliphatic rings. The highest BCUT2D eigenvalue weighted by molar-refractivity contribution is 6.33. The SMILES string of the molecule is Cn1cc(C(=O)NCCC2CCCNC2)c(-c2ccccc2Cl)n1. The molecule has 3 rings (SSSR count). The summed E-state index contributed by atoms with van der Waals surface area (Å²) in [4.78, 5) is 12.6. The number of amides is 1. The summed E-state index contributed by atoms with van der Waals surface area (Å²) < 4.78 is 1.65. The first kappa shape index (κ1) is 17.0. The molecule has 2 aromatic rings. The monoisotopic (exact) mass is 346 g/mol. The molecule has 1 amide bonds. The lowest BCUT2D eigenvalue weighted by molar-refractivity contribution is 0.0951. The van der Waals surface area contributed by atoms with Crippen molar-refractivity contribution in [3.05, 3.63) is 41.0 Å². The molecule has 1 unspecified atom stereocenters. The molecular formula is C18H23ClN4O. The van der Waals surface area contributed by atoms with Gasteiger partial charge in [-0.3, -0.25) is 9.48 Å². The topological polar surface area (TPSA) is 59.0 Å². The zero-order valence-corrected chi connectivity index (χ0v) is 14.6. The lowest BCUT2D eigenvalue weighted by Crippen LogP contribution is -2.33. The molecular weight excluding hydrogens is 324 g/mol. The van der Waals surface area contributed by atoms with Gasteiger partial charge in [0.15, 0.2) is 0 Å². The number of piperidine rings is 1. The molecule has 1 aliphatic heterocycles. The maximum Gasteiger partial charge on any atom is 0.255 e. The molecule has 5 nitrogen and oxygen atoms in total. The van der Waals surface area contributed by atoms with Crippen LogP contribution in [0.5, 0.6) is 0 Å². The Hall–Kier alpha value is -1.85. The van der Waals surface area contributed by atoms with Gasteiger partial charge in [0.05, 0.1) is 10.6 Å². The number of rotatable bonds is 5. The Morgan fingerprint density at radius 1 is 1.46 bits per heavy atom. The molecule has 1 atom stereocenters. The third-order valence-electron chi connectivity index (χ3n) is 4.44. The van der Waals surface area contributed by atoms with Crippen LogP contribution in [0.15, 0.2) is 30.5 Å². The van der Waals surface area contributed by atoms with Gasteiger partial charge in [-0.05, 0) is 44.3 Å². The average molecular weight is 347 g/mol. The number of aromatic nitrogens is 2. The number of nitrogens with zero attached hydrogens (tertiary/aromatic N) is 2. The maximum atomic E-state index is 12.6. The lowest BCUT2D eigenvalue weighted by Gasteiger charge is -2.22. The number of aryl methyl sites for hydroxylation is 1. The van der Waals surface area contributed by atoms with Gasteiger partial charge in [0.25, 0.3) is 5.91 Å². The van der Waals surface area contributed by atoms with Gasteiger partial charge in [-0.25, -0.2) is 0 Å². The molecule has 0 spiro atoms. The summed E-state index contributed by atoms with van der Waals surface area (Å²) in [5.41, 5.74) is 1.97. The standard InChI is InChI=1S/C18H23ClN4O/c1-23-12-15(17(22-23)14-6-2-3-7-16(14)19)18(24)21-10-8-13-5-4-9-20-11-13/h2-3,6-7,12-13,20H,4-5,8-11H2,1H3,(H,21,24). The molecule has 1 saturated heterocycles. The van der Waals surface area contributed by atoms with E-state index in [9.17, 15) is 4.79 Å². The third-order valence-corrected chi connectivity index (χ3v) is 4.77. The van der Waals surface area contributed by atoms with Crippen LogP contribution < -0.4 is 10.6 Å². The van der Waals surface area contributed by atoms with Gasteiger partial charge in [0.1, 0.15) is 5.69 Å². The van der Waals surface area contributed by atoms with Gasteiger partial charge in [0.2, 0.25) is 0 Å². The fourth-order valence-corrected chi connectivity index (χ4v) is 3.39. The minimum Gasteiger partial charge on any atom is -0.352 e. The van der Waals surface area contributed by atoms with E-state index in [2.05, 4.69) is 15.7 Å². The number of carbonyl (C=O) groups is 1. The Bertz CT molecular complexity index is 707. The van der Waals surface area contributed by atoms with Gasteiger partial charge in [0, 0.05) is 25.4 Å². The summed E-state index contributed by atoms with van der Waals surface area (Å²) in [5, 5.41) is 11.4. The maximum absolute atomic E-state index is 12.6. The highest BCUT2D eigenvalue weighted by Gasteiger charge is 2.19. The Morgan fingerprint density at radius 2 is 2.29 bits per heavy atom. The Kier molecular flexibility index (Phi) is 5.53. The van der Waals surface area contributed by atoms with Crippen molar-refractivity contribution in [2.45, 2.75) is 19.3 Å². The van der Waals surface area contributed by atoms with Crippen molar-refractivity contribution < 1.29 is 4.79 Å². The van der Waals surface area contributed by atoms with Crippen LogP contribution in [0.1, 0.15) is 29.6 Å². The predicted molar refractivity (Wildman–Crippen MR) is 96.2 cm³/mol. The highest BCUT2D eigenvalue weighted by Crippen LogP contribution is 2.28. The molecule has 0 bridgehead atoms. The van der Waals surface area contributed by atoms with Gasteiger partial charge < -0.3 is 10.6 Å². The van der Waals surface area contributed by atoms with E-state index >= 15 is 0 Å². The fraction of sp³-hybridized carbons (Fsp3) is 0.444. The van der Waals surface area contributed by atoms with Crippen molar-refractivity contribution in [3.8, 4) is 11.3 Å². The molecule has 1 fully saturated rings. The Morgan fingerprint density at radius 3 is 3.04 bits per heavy atom. The summed E-state index contributed by atoms with van der Waals surface area (Å²) in [5.74, 6) is 0.553. The largest absolute Gasteiger partial charge is 0.352 e. The lowest BCUT2D eigenvalue weighted by atomic mass is 9.96. The van der Waals surface area contributed by atoms with Crippen molar-refractivity contribution in [1.29, 1.82) is 0 Å². The van der Waals surface area contributed by atoms with Gasteiger partial charge >= 0.3 is 0 Å². The molecule has 0 radical (unpaired) electrons. The van der Waals surface area contributed by atoms with E-state index in [0.717, 1.165) is 25.1 Å². The number of benzene rings is 1. The average Bonchev–Trinajstić information content (AvgIpc) is 2.98. The molecule has 1 aromatic heterocycles. The zero-order valence-electron chi connectivity index (χ0n) is 13.9. The van der Waals surface area contributed by atoms with Crippen LogP contribution in [0.4, 0.5) is 0 Å². The van der Waals surface area contributed by atoms with Crippen molar-refractivity contribution in [3.63, 3.8) is 0 Å². The molecule has 2 heterocycles. The summed E-state index contributed by atoms with van der Waals surface area (Å²) in [6.07, 6.45) is 5.20. The molecule has 0 saturated carbocycles. The first-order valence-corrected chi connectivity index (χ1v) is 8.80. The second-order valence-corrected chi connectivity index (χ2v) is 6.71. The Balaban J connectivity index is 1.68. The van der Waals surface area contributed by atoms with Gasteiger partial charge in [-0.1, -0.05) is 29.8 Å². The van der Waals surface area contributed by atoms with Crippen molar-refractivity contribution in [2.24, 2.45) is 13.0 Å². The van der Waals surface area contributed by atoms with Gasteiger partial charge in [-0.15, -0.1) is 0 Å². The minimum absolute atomic E-state index is 0.0956. The van der Waals surface area contributed by atoms with Crippen LogP contribution in [0.3, 0.4) is 0 Å². The summed E-state index contributed by atoms with van der Waals surface area (Å²) in [6.45, 7) is 2.84. The van der Waals surface area contributed by atoms with Crippen LogP contribution in [0.2, 0.25) is 5.02 Å². The summed E-state index contributed by atoms with van der Waals surface area (Å²) in [7, 11) is 1.81. The number of halogens is 1. The fourth-order valence-electron chi connectivity index (χ4n) is 3.16. The molecule has 6 heteroatoms. The number of hydrogen-bond acceptors (Lipinski definition) is 3. The molecule has 1 aromatic carbocycles. The third kappa shape index (κ3) is 3.97. The van der Waals surface area contributed by atoms with Crippen LogP contribution in [-0.2, 0) is 7.05 Å². The van der Waals surface area contributed by atoms with E-state index in [1.54, 1.807) is 10.9 Å². The number of hydrogen-bond donors (Lipinski definition) is 2. The van der Waals surface area contributed by atoms with E-state index in [-0.39, 0.29) is 5.91 Å². The van der Waals surface area contributed by atoms with Crippen LogP contribution in [0.25, 0.3) is 11.3 Å². The molecule has 2 N–H and O–H groups in total. The van der Waals surface area contributed by atoms with Crippen LogP contribution in [0, 0.1) is 5.92 Å². The molecule has 128 valence electrons. The second kappa shape index (κ2) is 7.81. The van der Waals surface area contributed by atoms with Crippen molar-refractivity contribution in [1.82, 2.24) is 20.4 Å². The van der Waals surface area contributed by atoms with Gasteiger partial charge in [-0.2, -0.15) is 5.10 Å². The van der Waals surface area contributed by atoms with E-state index in [4.69, 9.17) is 11.6 Å². The van der Waals surface area contributed by atoms with E-state index in [0.29, 0.717) is 28.7 Å². The van der Waals surface area contributed by atoms with Crippen molar-refractivity contribution in [2.75, 3.05) is 19.6 Å². The molecule has 0 aliphatic carbocycles. The summed E-state index contributed by atoms with van der Waals surface area (Å²) in [6, 6.07) is 7.46. The number of nitrogens with one attached hydrogen (secondary N) is 2. The quantitative estimate of drug-likeness (QED) is 0.875. The predicted octanol–water partition coefficient (Wildman–Crippen LogP) is 2.86. The molecule has 24 heavy (non-hydrogen) atoms. The van der Waals surface area contributed by atoms with E-state index in [1.807, 2.05) is 31.3 Å². The van der Waals surface area contributed by atoms with Crippen molar-refractivity contribution >= 4 is 17.5 Å². The first-order chi connectivity index (χ1) is 11.6. The van der Waals surface area contributed by atoms with E-state index < -0.39 is 0 Å². The summed E-state index contributed by atoms with van der Waals surface area (Å²) >= 11 is 6.26. The van der Waals surface area contributed by atoms with E-state index in [1.165, 1.54) is 12.8 Å². The first-order valence-electron chi connectivity index (χ1n) is 8.42. The van der Waals surface area contributed by atoms with Crippen LogP contribution in [-0.4, -0.2) is 35.3 Å². The highest BCUT2D eigenvalue weighted by atomic mass is 35.5. The Labute approximate surface area is 147 Å². The minimum atomic E-state index is -0.0956. The van der Waals surface area contributed by atoms with Crippen LogP contribution >= 0.6 is 11.6 Å². The zero-order chi connectivity index (χ0) is 16.9. The number of carbonyl (C=O) groups excluding carboxylic acids is 1. The normalized spacial score (nSPS) is 17.7. The second-order valence-electron chi connectivity index (χ2n) is 6.30.